The van der Waals surface area contributed by atoms with Crippen molar-refractivity contribution in [3.05, 3.63) is 39.7 Å². The van der Waals surface area contributed by atoms with Gasteiger partial charge >= 0.3 is 0 Å². The lowest BCUT2D eigenvalue weighted by atomic mass is 10.3. The number of hydrogen-bond acceptors (Lipinski definition) is 5. The fraction of sp³-hybridized carbons (Fsp3) is 0. The third-order valence-corrected chi connectivity index (χ3v) is 3.25. The summed E-state index contributed by atoms with van der Waals surface area (Å²) < 4.78 is 5.16. The number of nitrogens with one attached hydrogen (secondary N) is 1. The molecule has 0 saturated carbocycles. The predicted octanol–water partition coefficient (Wildman–Crippen LogP) is 2.06. The van der Waals surface area contributed by atoms with Gasteiger partial charge in [0.15, 0.2) is 17.9 Å². The van der Waals surface area contributed by atoms with Gasteiger partial charge in [0, 0.05) is 0 Å². The fourth-order valence-corrected chi connectivity index (χ4v) is 2.38. The van der Waals surface area contributed by atoms with Crippen LogP contribution in [0.15, 0.2) is 33.7 Å². The zero-order chi connectivity index (χ0) is 11.8. The van der Waals surface area contributed by atoms with Crippen molar-refractivity contribution in [1.82, 2.24) is 9.97 Å². The smallest absolute Gasteiger partial charge is 0.260 e. The Morgan fingerprint density at radius 2 is 2.35 bits per heavy atom. The number of nitrogens with zero attached hydrogens (tertiary/aromatic N) is 1. The number of aldehydes is 1. The van der Waals surface area contributed by atoms with E-state index in [2.05, 4.69) is 9.97 Å². The molecule has 84 valence electrons. The van der Waals surface area contributed by atoms with E-state index in [4.69, 9.17) is 4.42 Å². The van der Waals surface area contributed by atoms with Gasteiger partial charge in [-0.3, -0.25) is 9.59 Å². The van der Waals surface area contributed by atoms with Crippen LogP contribution in [0.25, 0.3) is 21.8 Å². The molecule has 0 unspecified atom stereocenters. The highest BCUT2D eigenvalue weighted by Crippen LogP contribution is 2.22. The first-order chi connectivity index (χ1) is 8.28. The van der Waals surface area contributed by atoms with Gasteiger partial charge in [0.2, 0.25) is 0 Å². The molecule has 0 amide bonds. The number of hydrogen-bond donors (Lipinski definition) is 1. The lowest BCUT2D eigenvalue weighted by Gasteiger charge is -1.95. The van der Waals surface area contributed by atoms with Gasteiger partial charge in [-0.1, -0.05) is 0 Å². The van der Waals surface area contributed by atoms with Crippen molar-refractivity contribution in [2.45, 2.75) is 0 Å². The minimum absolute atomic E-state index is 0.272. The summed E-state index contributed by atoms with van der Waals surface area (Å²) in [4.78, 5) is 30.3. The topological polar surface area (TPSA) is 76.0 Å². The first kappa shape index (κ1) is 9.98. The number of rotatable bonds is 2. The highest BCUT2D eigenvalue weighted by Gasteiger charge is 2.10. The third-order valence-electron chi connectivity index (χ3n) is 2.29. The molecule has 0 aromatic carbocycles. The highest BCUT2D eigenvalue weighted by atomic mass is 32.1. The van der Waals surface area contributed by atoms with Crippen LogP contribution in [-0.4, -0.2) is 16.3 Å². The van der Waals surface area contributed by atoms with E-state index in [0.717, 1.165) is 0 Å². The summed E-state index contributed by atoms with van der Waals surface area (Å²) in [5.41, 5.74) is -0.272. The molecule has 3 aromatic rings. The summed E-state index contributed by atoms with van der Waals surface area (Å²) in [5, 5.41) is 0.424. The number of H-pyrrole nitrogens is 1. The molecule has 0 atom stereocenters. The second kappa shape index (κ2) is 3.67. The molecule has 0 radical (unpaired) electrons. The van der Waals surface area contributed by atoms with E-state index < -0.39 is 0 Å². The number of aromatic amines is 1. The normalized spacial score (nSPS) is 10.8. The molecular weight excluding hydrogens is 240 g/mol. The van der Waals surface area contributed by atoms with Gasteiger partial charge in [0.05, 0.1) is 16.5 Å². The molecule has 3 aromatic heterocycles. The molecule has 3 heterocycles. The summed E-state index contributed by atoms with van der Waals surface area (Å²) >= 11 is 1.18. The van der Waals surface area contributed by atoms with Crippen LogP contribution in [0.2, 0.25) is 0 Å². The van der Waals surface area contributed by atoms with Crippen LogP contribution in [0.5, 0.6) is 0 Å². The number of carbonyl (C=O) groups is 1. The summed E-state index contributed by atoms with van der Waals surface area (Å²) in [6.45, 7) is 0. The van der Waals surface area contributed by atoms with Crippen molar-refractivity contribution in [3.8, 4) is 11.6 Å². The van der Waals surface area contributed by atoms with Crippen molar-refractivity contribution >= 4 is 27.8 Å². The second-order valence-corrected chi connectivity index (χ2v) is 4.44. The van der Waals surface area contributed by atoms with Crippen LogP contribution in [0, 0.1) is 0 Å². The largest absolute Gasteiger partial charge is 0.461 e. The maximum atomic E-state index is 11.8. The molecule has 0 bridgehead atoms. The molecule has 0 fully saturated rings. The van der Waals surface area contributed by atoms with E-state index in [1.807, 2.05) is 0 Å². The second-order valence-electron chi connectivity index (χ2n) is 3.38. The minimum Gasteiger partial charge on any atom is -0.461 e. The van der Waals surface area contributed by atoms with Crippen LogP contribution in [0.4, 0.5) is 0 Å². The van der Waals surface area contributed by atoms with Crippen LogP contribution in [-0.2, 0) is 0 Å². The molecular formula is C11H6N2O3S. The number of aromatic nitrogens is 2. The maximum absolute atomic E-state index is 11.8. The number of fused-ring (bicyclic) bond motifs is 1. The first-order valence-electron chi connectivity index (χ1n) is 4.81. The Hall–Kier alpha value is -2.21. The van der Waals surface area contributed by atoms with E-state index in [1.165, 1.54) is 23.7 Å². The monoisotopic (exact) mass is 246 g/mol. The Bertz CT molecular complexity index is 740. The standard InChI is InChI=1S/C11H6N2O3S/c14-5-6-4-7-10(15)12-9(13-11(7)17-6)8-2-1-3-16-8/h1-5H,(H,12,13,15). The average molecular weight is 246 g/mol. The summed E-state index contributed by atoms with van der Waals surface area (Å²) in [5.74, 6) is 0.858. The van der Waals surface area contributed by atoms with Crippen molar-refractivity contribution in [2.75, 3.05) is 0 Å². The molecule has 17 heavy (non-hydrogen) atoms. The molecule has 0 spiro atoms. The number of thiophene rings is 1. The molecule has 6 heteroatoms. The van der Waals surface area contributed by atoms with Gasteiger partial charge in [-0.15, -0.1) is 11.3 Å². The fourth-order valence-electron chi connectivity index (χ4n) is 1.54. The van der Waals surface area contributed by atoms with Gasteiger partial charge in [0.1, 0.15) is 4.83 Å². The lowest BCUT2D eigenvalue weighted by Crippen LogP contribution is -2.07. The van der Waals surface area contributed by atoms with E-state index in [-0.39, 0.29) is 5.56 Å². The lowest BCUT2D eigenvalue weighted by molar-refractivity contribution is 0.112. The van der Waals surface area contributed by atoms with E-state index >= 15 is 0 Å². The van der Waals surface area contributed by atoms with Gasteiger partial charge < -0.3 is 9.40 Å². The van der Waals surface area contributed by atoms with E-state index in [9.17, 15) is 9.59 Å². The SMILES string of the molecule is O=Cc1cc2c(=O)[nH]c(-c3ccco3)nc2s1. The van der Waals surface area contributed by atoms with E-state index in [1.54, 1.807) is 12.1 Å². The first-order valence-corrected chi connectivity index (χ1v) is 5.62. The summed E-state index contributed by atoms with van der Waals surface area (Å²) in [7, 11) is 0. The van der Waals surface area contributed by atoms with Gasteiger partial charge in [-0.25, -0.2) is 4.98 Å². The molecule has 0 aliphatic carbocycles. The summed E-state index contributed by atoms with van der Waals surface area (Å²) in [6, 6.07) is 4.95. The Morgan fingerprint density at radius 3 is 3.06 bits per heavy atom. The Morgan fingerprint density at radius 1 is 1.47 bits per heavy atom. The van der Waals surface area contributed by atoms with Gasteiger partial charge in [-0.2, -0.15) is 0 Å². The van der Waals surface area contributed by atoms with Crippen LogP contribution in [0.1, 0.15) is 9.67 Å². The zero-order valence-corrected chi connectivity index (χ0v) is 9.28. The minimum atomic E-state index is -0.272. The summed E-state index contributed by atoms with van der Waals surface area (Å²) in [6.07, 6.45) is 2.21. The zero-order valence-electron chi connectivity index (χ0n) is 8.47. The van der Waals surface area contributed by atoms with Gasteiger partial charge in [0.25, 0.3) is 5.56 Å². The van der Waals surface area contributed by atoms with Crippen LogP contribution < -0.4 is 5.56 Å². The Balaban J connectivity index is 2.30. The van der Waals surface area contributed by atoms with Crippen LogP contribution >= 0.6 is 11.3 Å². The molecule has 0 saturated heterocycles. The quantitative estimate of drug-likeness (QED) is 0.702. The molecule has 3 rings (SSSR count). The number of furan rings is 1. The Kier molecular flexibility index (Phi) is 2.15. The molecule has 0 aliphatic rings. The highest BCUT2D eigenvalue weighted by molar-refractivity contribution is 7.20. The van der Waals surface area contributed by atoms with Crippen molar-refractivity contribution in [3.63, 3.8) is 0 Å². The van der Waals surface area contributed by atoms with Crippen molar-refractivity contribution in [1.29, 1.82) is 0 Å². The molecule has 5 nitrogen and oxygen atoms in total. The molecule has 1 N–H and O–H groups in total. The maximum Gasteiger partial charge on any atom is 0.260 e. The Labute approximate surface area is 98.7 Å². The average Bonchev–Trinajstić information content (AvgIpc) is 2.97. The van der Waals surface area contributed by atoms with Crippen LogP contribution in [0.3, 0.4) is 0 Å². The third kappa shape index (κ3) is 1.58. The molecule has 0 aliphatic heterocycles. The predicted molar refractivity (Wildman–Crippen MR) is 63.3 cm³/mol. The van der Waals surface area contributed by atoms with E-state index in [0.29, 0.717) is 33.0 Å². The van der Waals surface area contributed by atoms with Crippen molar-refractivity contribution in [2.24, 2.45) is 0 Å². The van der Waals surface area contributed by atoms with Gasteiger partial charge in [-0.05, 0) is 18.2 Å². The van der Waals surface area contributed by atoms with Crippen molar-refractivity contribution < 1.29 is 9.21 Å². The number of carbonyl (C=O) groups excluding carboxylic acids is 1.